The number of ether oxygens (including phenoxy) is 1. The summed E-state index contributed by atoms with van der Waals surface area (Å²) in [5.74, 6) is 0. The number of aromatic nitrogens is 2. The molecule has 1 N–H and O–H groups in total. The van der Waals surface area contributed by atoms with Crippen molar-refractivity contribution in [3.63, 3.8) is 0 Å². The highest BCUT2D eigenvalue weighted by atomic mass is 16.5. The fourth-order valence-corrected chi connectivity index (χ4v) is 1.35. The van der Waals surface area contributed by atoms with E-state index in [9.17, 15) is 0 Å². The molecule has 1 rings (SSSR count). The number of hydrogen-bond acceptors (Lipinski definition) is 3. The minimum absolute atomic E-state index is 0.510. The molecule has 0 aliphatic rings. The van der Waals surface area contributed by atoms with E-state index < -0.39 is 0 Å². The highest BCUT2D eigenvalue weighted by Crippen LogP contribution is 1.98. The predicted octanol–water partition coefficient (Wildman–Crippen LogP) is 1.81. The second kappa shape index (κ2) is 7.41. The molecule has 4 nitrogen and oxygen atoms in total. The summed E-state index contributed by atoms with van der Waals surface area (Å²) in [7, 11) is 0. The lowest BCUT2D eigenvalue weighted by molar-refractivity contribution is 0.124. The monoisotopic (exact) mass is 225 g/mol. The van der Waals surface area contributed by atoms with Gasteiger partial charge >= 0.3 is 0 Å². The molecule has 0 saturated heterocycles. The van der Waals surface area contributed by atoms with Crippen molar-refractivity contribution in [2.45, 2.75) is 46.3 Å². The molecular formula is C12H23N3O. The van der Waals surface area contributed by atoms with Gasteiger partial charge in [0.15, 0.2) is 0 Å². The molecule has 0 bridgehead atoms. The molecule has 0 spiro atoms. The Hall–Kier alpha value is -0.870. The van der Waals surface area contributed by atoms with E-state index in [4.69, 9.17) is 4.74 Å². The standard InChI is InChI=1S/C12H23N3O/c1-4-6-16-7-5-15-10-12(9-14-15)8-13-11(2)3/h9-11,13H,4-8H2,1-3H3. The van der Waals surface area contributed by atoms with Crippen LogP contribution in [0.4, 0.5) is 0 Å². The Morgan fingerprint density at radius 3 is 2.94 bits per heavy atom. The quantitative estimate of drug-likeness (QED) is 0.686. The van der Waals surface area contributed by atoms with Crippen molar-refractivity contribution in [3.05, 3.63) is 18.0 Å². The third kappa shape index (κ3) is 5.28. The van der Waals surface area contributed by atoms with Crippen LogP contribution in [0.1, 0.15) is 32.8 Å². The summed E-state index contributed by atoms with van der Waals surface area (Å²) in [5.41, 5.74) is 1.23. The van der Waals surface area contributed by atoms with Gasteiger partial charge in [-0.3, -0.25) is 4.68 Å². The minimum atomic E-state index is 0.510. The summed E-state index contributed by atoms with van der Waals surface area (Å²) in [6.07, 6.45) is 5.06. The van der Waals surface area contributed by atoms with E-state index in [2.05, 4.69) is 37.4 Å². The maximum Gasteiger partial charge on any atom is 0.0662 e. The highest BCUT2D eigenvalue weighted by Gasteiger charge is 1.99. The molecule has 92 valence electrons. The van der Waals surface area contributed by atoms with E-state index in [0.717, 1.165) is 32.7 Å². The Kier molecular flexibility index (Phi) is 6.11. The molecule has 1 aromatic heterocycles. The van der Waals surface area contributed by atoms with E-state index >= 15 is 0 Å². The molecule has 0 fully saturated rings. The van der Waals surface area contributed by atoms with Gasteiger partial charge in [0.1, 0.15) is 0 Å². The molecule has 0 radical (unpaired) electrons. The van der Waals surface area contributed by atoms with Gasteiger partial charge in [-0.25, -0.2) is 0 Å². The lowest BCUT2D eigenvalue weighted by atomic mass is 10.3. The predicted molar refractivity (Wildman–Crippen MR) is 65.3 cm³/mol. The Morgan fingerprint density at radius 1 is 1.44 bits per heavy atom. The van der Waals surface area contributed by atoms with E-state index in [-0.39, 0.29) is 0 Å². The zero-order chi connectivity index (χ0) is 11.8. The van der Waals surface area contributed by atoms with Crippen LogP contribution >= 0.6 is 0 Å². The lowest BCUT2D eigenvalue weighted by Gasteiger charge is -2.05. The van der Waals surface area contributed by atoms with E-state index in [1.165, 1.54) is 5.56 Å². The SMILES string of the molecule is CCCOCCn1cc(CNC(C)C)cn1. The van der Waals surface area contributed by atoms with Crippen molar-refractivity contribution in [2.75, 3.05) is 13.2 Å². The van der Waals surface area contributed by atoms with Crippen LogP contribution in [0.15, 0.2) is 12.4 Å². The van der Waals surface area contributed by atoms with Gasteiger partial charge in [0, 0.05) is 31.0 Å². The minimum Gasteiger partial charge on any atom is -0.380 e. The van der Waals surface area contributed by atoms with Crippen molar-refractivity contribution in [1.82, 2.24) is 15.1 Å². The molecule has 0 saturated carbocycles. The molecular weight excluding hydrogens is 202 g/mol. The van der Waals surface area contributed by atoms with Crippen LogP contribution in [0.2, 0.25) is 0 Å². The summed E-state index contributed by atoms with van der Waals surface area (Å²) in [5, 5.41) is 7.66. The summed E-state index contributed by atoms with van der Waals surface area (Å²) in [6, 6.07) is 0.510. The molecule has 0 amide bonds. The first-order valence-electron chi connectivity index (χ1n) is 6.04. The Balaban J connectivity index is 2.22. The summed E-state index contributed by atoms with van der Waals surface area (Å²) in [4.78, 5) is 0. The number of nitrogens with one attached hydrogen (secondary N) is 1. The molecule has 16 heavy (non-hydrogen) atoms. The van der Waals surface area contributed by atoms with Crippen LogP contribution in [0, 0.1) is 0 Å². The van der Waals surface area contributed by atoms with Gasteiger partial charge in [0.05, 0.1) is 19.3 Å². The van der Waals surface area contributed by atoms with Gasteiger partial charge in [-0.15, -0.1) is 0 Å². The van der Waals surface area contributed by atoms with Crippen molar-refractivity contribution >= 4 is 0 Å². The van der Waals surface area contributed by atoms with Crippen LogP contribution in [-0.2, 0) is 17.8 Å². The zero-order valence-corrected chi connectivity index (χ0v) is 10.6. The normalized spacial score (nSPS) is 11.2. The lowest BCUT2D eigenvalue weighted by Crippen LogP contribution is -2.21. The van der Waals surface area contributed by atoms with Gasteiger partial charge in [0.2, 0.25) is 0 Å². The van der Waals surface area contributed by atoms with Gasteiger partial charge in [0.25, 0.3) is 0 Å². The number of nitrogens with zero attached hydrogens (tertiary/aromatic N) is 2. The third-order valence-electron chi connectivity index (χ3n) is 2.21. The van der Waals surface area contributed by atoms with Crippen LogP contribution in [0.5, 0.6) is 0 Å². The summed E-state index contributed by atoms with van der Waals surface area (Å²) >= 11 is 0. The molecule has 1 aromatic rings. The first-order valence-corrected chi connectivity index (χ1v) is 6.04. The molecule has 0 atom stereocenters. The Bertz CT molecular complexity index is 284. The summed E-state index contributed by atoms with van der Waals surface area (Å²) in [6.45, 7) is 9.69. The van der Waals surface area contributed by atoms with Crippen molar-refractivity contribution in [1.29, 1.82) is 0 Å². The van der Waals surface area contributed by atoms with Crippen molar-refractivity contribution in [2.24, 2.45) is 0 Å². The topological polar surface area (TPSA) is 39.1 Å². The number of hydrogen-bond donors (Lipinski definition) is 1. The molecule has 1 heterocycles. The maximum atomic E-state index is 5.42. The van der Waals surface area contributed by atoms with Crippen molar-refractivity contribution in [3.8, 4) is 0 Å². The average molecular weight is 225 g/mol. The Morgan fingerprint density at radius 2 is 2.25 bits per heavy atom. The highest BCUT2D eigenvalue weighted by molar-refractivity contribution is 5.03. The molecule has 0 aliphatic heterocycles. The zero-order valence-electron chi connectivity index (χ0n) is 10.6. The van der Waals surface area contributed by atoms with Crippen LogP contribution < -0.4 is 5.32 Å². The van der Waals surface area contributed by atoms with Gasteiger partial charge in [-0.1, -0.05) is 20.8 Å². The average Bonchev–Trinajstić information content (AvgIpc) is 2.70. The first-order chi connectivity index (χ1) is 7.72. The van der Waals surface area contributed by atoms with Gasteiger partial charge in [-0.2, -0.15) is 5.10 Å². The second-order valence-electron chi connectivity index (χ2n) is 4.26. The van der Waals surface area contributed by atoms with E-state index in [1.807, 2.05) is 10.9 Å². The second-order valence-corrected chi connectivity index (χ2v) is 4.26. The Labute approximate surface area is 98.0 Å². The molecule has 0 unspecified atom stereocenters. The third-order valence-corrected chi connectivity index (χ3v) is 2.21. The number of rotatable bonds is 8. The largest absolute Gasteiger partial charge is 0.380 e. The smallest absolute Gasteiger partial charge is 0.0662 e. The van der Waals surface area contributed by atoms with Crippen LogP contribution in [0.3, 0.4) is 0 Å². The van der Waals surface area contributed by atoms with Crippen molar-refractivity contribution < 1.29 is 4.74 Å². The molecule has 0 aliphatic carbocycles. The molecule has 0 aromatic carbocycles. The van der Waals surface area contributed by atoms with Gasteiger partial charge < -0.3 is 10.1 Å². The van der Waals surface area contributed by atoms with Crippen LogP contribution in [-0.4, -0.2) is 29.0 Å². The van der Waals surface area contributed by atoms with Gasteiger partial charge in [-0.05, 0) is 6.42 Å². The fraction of sp³-hybridized carbons (Fsp3) is 0.750. The van der Waals surface area contributed by atoms with E-state index in [0.29, 0.717) is 6.04 Å². The maximum absolute atomic E-state index is 5.42. The summed E-state index contributed by atoms with van der Waals surface area (Å²) < 4.78 is 7.36. The first kappa shape index (κ1) is 13.2. The van der Waals surface area contributed by atoms with Crippen LogP contribution in [0.25, 0.3) is 0 Å². The van der Waals surface area contributed by atoms with E-state index in [1.54, 1.807) is 0 Å². The molecule has 4 heteroatoms. The fourth-order valence-electron chi connectivity index (χ4n) is 1.35.